The second kappa shape index (κ2) is 4.43. The topological polar surface area (TPSA) is 91.2 Å². The van der Waals surface area contributed by atoms with Crippen molar-refractivity contribution in [3.05, 3.63) is 16.1 Å². The van der Waals surface area contributed by atoms with Gasteiger partial charge in [-0.2, -0.15) is 0 Å². The average molecular weight is 304 g/mol. The van der Waals surface area contributed by atoms with Gasteiger partial charge >= 0.3 is 6.09 Å². The smallest absolute Gasteiger partial charge is 0.407 e. The Balaban J connectivity index is 2.02. The van der Waals surface area contributed by atoms with Crippen LogP contribution in [-0.4, -0.2) is 50.9 Å². The van der Waals surface area contributed by atoms with E-state index in [2.05, 4.69) is 20.5 Å². The summed E-state index contributed by atoms with van der Waals surface area (Å²) in [7, 11) is 0. The number of carbonyl (C=O) groups is 1. The summed E-state index contributed by atoms with van der Waals surface area (Å²) in [5.74, 6) is 0. The fourth-order valence-electron chi connectivity index (χ4n) is 2.96. The molecular formula is C10H11Cl2N5O2. The number of nitrogens with zero attached hydrogens (tertiary/aromatic N) is 4. The van der Waals surface area contributed by atoms with Gasteiger partial charge in [0.05, 0.1) is 6.04 Å². The number of amides is 1. The first-order chi connectivity index (χ1) is 9.03. The zero-order chi connectivity index (χ0) is 13.6. The summed E-state index contributed by atoms with van der Waals surface area (Å²) in [6, 6.07) is -0.416. The second-order valence-corrected chi connectivity index (χ2v) is 5.56. The van der Waals surface area contributed by atoms with Crippen LogP contribution < -0.4 is 5.32 Å². The lowest BCUT2D eigenvalue weighted by atomic mass is 9.69. The lowest BCUT2D eigenvalue weighted by molar-refractivity contribution is -0.0480. The van der Waals surface area contributed by atoms with Gasteiger partial charge in [-0.15, -0.1) is 10.2 Å². The number of hydrogen-bond donors (Lipinski definition) is 2. The van der Waals surface area contributed by atoms with Crippen LogP contribution in [0.5, 0.6) is 0 Å². The van der Waals surface area contributed by atoms with Crippen LogP contribution in [0, 0.1) is 5.41 Å². The zero-order valence-electron chi connectivity index (χ0n) is 9.81. The van der Waals surface area contributed by atoms with Gasteiger partial charge in [-0.25, -0.2) is 9.78 Å². The third-order valence-corrected chi connectivity index (χ3v) is 4.23. The molecule has 0 aromatic carbocycles. The van der Waals surface area contributed by atoms with E-state index >= 15 is 0 Å². The number of halogens is 2. The Kier molecular flexibility index (Phi) is 2.99. The molecule has 2 N–H and O–H groups in total. The van der Waals surface area contributed by atoms with Gasteiger partial charge in [-0.3, -0.25) is 4.90 Å². The van der Waals surface area contributed by atoms with Crippen LogP contribution >= 0.6 is 23.2 Å². The molecule has 1 spiro atoms. The van der Waals surface area contributed by atoms with Gasteiger partial charge in [0.1, 0.15) is 5.69 Å². The first-order valence-corrected chi connectivity index (χ1v) is 6.55. The van der Waals surface area contributed by atoms with Gasteiger partial charge in [-0.1, -0.05) is 11.6 Å². The van der Waals surface area contributed by atoms with E-state index in [-0.39, 0.29) is 15.9 Å². The highest BCUT2D eigenvalue weighted by molar-refractivity contribution is 6.30. The molecular weight excluding hydrogens is 293 g/mol. The summed E-state index contributed by atoms with van der Waals surface area (Å²) >= 11 is 11.7. The van der Waals surface area contributed by atoms with E-state index in [1.54, 1.807) is 0 Å². The first-order valence-electron chi connectivity index (χ1n) is 5.79. The molecule has 19 heavy (non-hydrogen) atoms. The number of hydrogen-bond acceptors (Lipinski definition) is 5. The maximum Gasteiger partial charge on any atom is 0.407 e. The molecule has 0 bridgehead atoms. The van der Waals surface area contributed by atoms with E-state index in [1.807, 2.05) is 0 Å². The lowest BCUT2D eigenvalue weighted by Crippen LogP contribution is -2.61. The number of aromatic nitrogens is 3. The van der Waals surface area contributed by atoms with Crippen molar-refractivity contribution in [2.75, 3.05) is 19.6 Å². The molecule has 2 unspecified atom stereocenters. The van der Waals surface area contributed by atoms with Crippen LogP contribution in [-0.2, 0) is 0 Å². The van der Waals surface area contributed by atoms with E-state index in [4.69, 9.17) is 23.2 Å². The summed E-state index contributed by atoms with van der Waals surface area (Å²) in [4.78, 5) is 16.7. The van der Waals surface area contributed by atoms with Gasteiger partial charge in [-0.05, 0) is 24.6 Å². The van der Waals surface area contributed by atoms with Crippen LogP contribution in [0.25, 0.3) is 0 Å². The predicted molar refractivity (Wildman–Crippen MR) is 67.2 cm³/mol. The molecule has 2 fully saturated rings. The zero-order valence-corrected chi connectivity index (χ0v) is 11.3. The van der Waals surface area contributed by atoms with E-state index < -0.39 is 12.1 Å². The van der Waals surface area contributed by atoms with Gasteiger partial charge < -0.3 is 10.4 Å². The highest BCUT2D eigenvalue weighted by Gasteiger charge is 2.58. The van der Waals surface area contributed by atoms with Crippen molar-refractivity contribution in [3.8, 4) is 0 Å². The number of nitrogens with one attached hydrogen (secondary N) is 1. The molecule has 2 saturated heterocycles. The Morgan fingerprint density at radius 2 is 2.26 bits per heavy atom. The Morgan fingerprint density at radius 1 is 1.47 bits per heavy atom. The lowest BCUT2D eigenvalue weighted by Gasteiger charge is -2.53. The van der Waals surface area contributed by atoms with Crippen molar-refractivity contribution in [2.45, 2.75) is 12.5 Å². The fraction of sp³-hybridized carbons (Fsp3) is 0.600. The van der Waals surface area contributed by atoms with Crippen LogP contribution in [0.4, 0.5) is 4.79 Å². The van der Waals surface area contributed by atoms with E-state index in [1.165, 1.54) is 4.90 Å². The third kappa shape index (κ3) is 1.92. The van der Waals surface area contributed by atoms with Crippen molar-refractivity contribution in [1.82, 2.24) is 25.4 Å². The van der Waals surface area contributed by atoms with E-state index in [0.717, 1.165) is 19.5 Å². The minimum atomic E-state index is -0.992. The molecule has 102 valence electrons. The van der Waals surface area contributed by atoms with Crippen molar-refractivity contribution >= 4 is 29.3 Å². The Bertz CT molecular complexity index is 535. The second-order valence-electron chi connectivity index (χ2n) is 4.86. The largest absolute Gasteiger partial charge is 0.465 e. The minimum Gasteiger partial charge on any atom is -0.465 e. The summed E-state index contributed by atoms with van der Waals surface area (Å²) in [5.41, 5.74) is 0.223. The van der Waals surface area contributed by atoms with Crippen molar-refractivity contribution in [2.24, 2.45) is 5.41 Å². The van der Waals surface area contributed by atoms with Gasteiger partial charge in [0.25, 0.3) is 0 Å². The summed E-state index contributed by atoms with van der Waals surface area (Å²) in [6.45, 7) is 2.06. The Labute approximate surface area is 118 Å². The maximum atomic E-state index is 11.3. The number of likely N-dealkylation sites (tertiary alicyclic amines) is 1. The van der Waals surface area contributed by atoms with E-state index in [0.29, 0.717) is 12.2 Å². The van der Waals surface area contributed by atoms with Crippen LogP contribution in [0.1, 0.15) is 18.2 Å². The van der Waals surface area contributed by atoms with Crippen LogP contribution in [0.3, 0.4) is 0 Å². The molecule has 9 heteroatoms. The average Bonchev–Trinajstić information content (AvgIpc) is 2.82. The van der Waals surface area contributed by atoms with E-state index in [9.17, 15) is 9.90 Å². The Morgan fingerprint density at radius 3 is 2.89 bits per heavy atom. The summed E-state index contributed by atoms with van der Waals surface area (Å²) in [5, 5.41) is 19.8. The SMILES string of the molecule is O=C(O)N1CC2(CCNC2)C1c1nc(Cl)nnc1Cl. The highest BCUT2D eigenvalue weighted by Crippen LogP contribution is 2.52. The van der Waals surface area contributed by atoms with Crippen molar-refractivity contribution < 1.29 is 9.90 Å². The molecule has 1 amide bonds. The molecule has 0 aliphatic carbocycles. The molecule has 1 aromatic rings. The first kappa shape index (κ1) is 12.8. The normalized spacial score (nSPS) is 29.6. The number of carboxylic acid groups (broad SMARTS) is 1. The predicted octanol–water partition coefficient (Wildman–Crippen LogP) is 1.19. The minimum absolute atomic E-state index is 0.0299. The standard InChI is InChI=1S/C10H11Cl2N5O2/c11-7-5(14-8(12)16-15-7)6-10(1-2-13-3-10)4-17(6)9(18)19/h6,13H,1-4H2,(H,18,19). The van der Waals surface area contributed by atoms with Gasteiger partial charge in [0.15, 0.2) is 5.15 Å². The molecule has 2 aliphatic rings. The number of rotatable bonds is 1. The molecule has 3 heterocycles. The molecule has 0 radical (unpaired) electrons. The molecule has 0 saturated carbocycles. The Hall–Kier alpha value is -1.18. The summed E-state index contributed by atoms with van der Waals surface area (Å²) in [6.07, 6.45) is -0.118. The molecule has 2 aliphatic heterocycles. The van der Waals surface area contributed by atoms with Crippen molar-refractivity contribution in [1.29, 1.82) is 0 Å². The fourth-order valence-corrected chi connectivity index (χ4v) is 3.27. The molecule has 7 nitrogen and oxygen atoms in total. The van der Waals surface area contributed by atoms with Gasteiger partial charge in [0.2, 0.25) is 5.28 Å². The summed E-state index contributed by atoms with van der Waals surface area (Å²) < 4.78 is 0. The monoisotopic (exact) mass is 303 g/mol. The third-order valence-electron chi connectivity index (χ3n) is 3.80. The van der Waals surface area contributed by atoms with Crippen LogP contribution in [0.15, 0.2) is 0 Å². The maximum absolute atomic E-state index is 11.3. The van der Waals surface area contributed by atoms with Crippen molar-refractivity contribution in [3.63, 3.8) is 0 Å². The molecule has 3 rings (SSSR count). The molecule has 2 atom stereocenters. The quantitative estimate of drug-likeness (QED) is 0.810. The van der Waals surface area contributed by atoms with Gasteiger partial charge in [0, 0.05) is 18.5 Å². The molecule has 1 aromatic heterocycles. The van der Waals surface area contributed by atoms with Crippen LogP contribution in [0.2, 0.25) is 10.4 Å². The highest BCUT2D eigenvalue weighted by atomic mass is 35.5.